The first-order chi connectivity index (χ1) is 4.88. The standard InChI is InChI=1S/C7H6BO2/c9-8-7-4-2-1-3-6(7)5-10-8/h1-5,9H/q-1. The molecule has 0 atom stereocenters. The third-order valence-electron chi connectivity index (χ3n) is 1.59. The van der Waals surface area contributed by atoms with E-state index in [1.54, 1.807) is 6.26 Å². The SMILES string of the molecule is O[b-]1occ2ccccc12. The van der Waals surface area contributed by atoms with Crippen molar-refractivity contribution < 1.29 is 9.36 Å². The predicted octanol–water partition coefficient (Wildman–Crippen LogP) is 1.21. The van der Waals surface area contributed by atoms with Crippen LogP contribution in [-0.2, 0) is 0 Å². The van der Waals surface area contributed by atoms with Gasteiger partial charge in [0, 0.05) is 6.26 Å². The molecule has 3 heteroatoms. The molecule has 2 aromatic rings. The van der Waals surface area contributed by atoms with E-state index in [9.17, 15) is 0 Å². The fraction of sp³-hybridized carbons (Fsp3) is 0. The number of rotatable bonds is 0. The summed E-state index contributed by atoms with van der Waals surface area (Å²) in [4.78, 5) is 0. The maximum atomic E-state index is 9.13. The quantitative estimate of drug-likeness (QED) is 0.585. The molecule has 0 aliphatic carbocycles. The zero-order chi connectivity index (χ0) is 6.97. The van der Waals surface area contributed by atoms with Crippen molar-refractivity contribution in [3.8, 4) is 0 Å². The molecule has 0 radical (unpaired) electrons. The molecule has 2 rings (SSSR count). The van der Waals surface area contributed by atoms with Gasteiger partial charge in [-0.05, 0) is 5.39 Å². The Balaban J connectivity index is 2.93. The Morgan fingerprint density at radius 1 is 1.30 bits per heavy atom. The first-order valence-corrected chi connectivity index (χ1v) is 3.13. The molecule has 2 nitrogen and oxygen atoms in total. The van der Waals surface area contributed by atoms with E-state index in [0.717, 1.165) is 10.7 Å². The highest BCUT2D eigenvalue weighted by Crippen LogP contribution is 2.11. The monoisotopic (exact) mass is 133 g/mol. The van der Waals surface area contributed by atoms with Crippen molar-refractivity contribution >= 4 is 17.4 Å². The second kappa shape index (κ2) is 1.87. The van der Waals surface area contributed by atoms with E-state index in [1.165, 1.54) is 0 Å². The zero-order valence-electron chi connectivity index (χ0n) is 5.32. The van der Waals surface area contributed by atoms with Gasteiger partial charge < -0.3 is 9.36 Å². The lowest BCUT2D eigenvalue weighted by atomic mass is 9.96. The minimum absolute atomic E-state index is 0.754. The molecule has 0 spiro atoms. The molecule has 1 aromatic heterocycles. The Morgan fingerprint density at radius 2 is 2.10 bits per heavy atom. The Bertz CT molecular complexity index is 353. The maximum absolute atomic E-state index is 9.13. The molecule has 0 aliphatic rings. The lowest BCUT2D eigenvalue weighted by Gasteiger charge is -1.94. The van der Waals surface area contributed by atoms with Gasteiger partial charge in [0.1, 0.15) is 0 Å². The van der Waals surface area contributed by atoms with E-state index >= 15 is 0 Å². The van der Waals surface area contributed by atoms with Gasteiger partial charge in [-0.1, -0.05) is 24.3 Å². The number of hydrogen-bond donors (Lipinski definition) is 1. The molecule has 0 amide bonds. The summed E-state index contributed by atoms with van der Waals surface area (Å²) >= 11 is 0. The highest BCUT2D eigenvalue weighted by Gasteiger charge is 1.90. The van der Waals surface area contributed by atoms with Crippen LogP contribution in [0.1, 0.15) is 0 Å². The van der Waals surface area contributed by atoms with Crippen LogP contribution >= 0.6 is 0 Å². The summed E-state index contributed by atoms with van der Waals surface area (Å²) in [6.07, 6.45) is 1.57. The summed E-state index contributed by atoms with van der Waals surface area (Å²) in [6, 6.07) is 7.55. The van der Waals surface area contributed by atoms with Gasteiger partial charge in [-0.3, -0.25) is 0 Å². The van der Waals surface area contributed by atoms with Gasteiger partial charge in [-0.15, -0.1) is 5.28 Å². The maximum Gasteiger partial charge on any atom is 0.266 e. The van der Waals surface area contributed by atoms with Crippen molar-refractivity contribution in [1.82, 2.24) is 0 Å². The third-order valence-corrected chi connectivity index (χ3v) is 1.59. The minimum Gasteiger partial charge on any atom is -0.735 e. The second-order valence-corrected chi connectivity index (χ2v) is 2.24. The van der Waals surface area contributed by atoms with Crippen molar-refractivity contribution in [2.45, 2.75) is 0 Å². The van der Waals surface area contributed by atoms with E-state index in [-0.39, 0.29) is 0 Å². The summed E-state index contributed by atoms with van der Waals surface area (Å²) in [5.74, 6) is 0. The van der Waals surface area contributed by atoms with Crippen LogP contribution in [0, 0.1) is 0 Å². The Kier molecular flexibility index (Phi) is 1.03. The van der Waals surface area contributed by atoms with Crippen molar-refractivity contribution in [2.24, 2.45) is 0 Å². The highest BCUT2D eigenvalue weighted by atomic mass is 16.4. The summed E-state index contributed by atoms with van der Waals surface area (Å²) in [5, 5.41) is 10.9. The summed E-state index contributed by atoms with van der Waals surface area (Å²) in [7, 11) is 0. The first-order valence-electron chi connectivity index (χ1n) is 3.13. The van der Waals surface area contributed by atoms with Gasteiger partial charge in [0.25, 0.3) is 6.76 Å². The molecule has 10 heavy (non-hydrogen) atoms. The van der Waals surface area contributed by atoms with Crippen molar-refractivity contribution in [3.63, 3.8) is 0 Å². The molecule has 1 aromatic carbocycles. The van der Waals surface area contributed by atoms with Gasteiger partial charge in [-0.2, -0.15) is 0 Å². The van der Waals surface area contributed by atoms with E-state index in [0.29, 0.717) is 0 Å². The number of benzene rings is 1. The molecule has 0 saturated carbocycles. The van der Waals surface area contributed by atoms with Crippen molar-refractivity contribution in [1.29, 1.82) is 0 Å². The molecule has 0 fully saturated rings. The average molecular weight is 133 g/mol. The van der Waals surface area contributed by atoms with Crippen molar-refractivity contribution in [3.05, 3.63) is 30.5 Å². The average Bonchev–Trinajstić information content (AvgIpc) is 2.34. The van der Waals surface area contributed by atoms with Gasteiger partial charge >= 0.3 is 0 Å². The predicted molar refractivity (Wildman–Crippen MR) is 39.8 cm³/mol. The fourth-order valence-corrected chi connectivity index (χ4v) is 1.05. The van der Waals surface area contributed by atoms with Crippen LogP contribution in [0.15, 0.2) is 34.9 Å². The number of hydrogen-bond acceptors (Lipinski definition) is 2. The summed E-state index contributed by atoms with van der Waals surface area (Å²) in [5.41, 5.74) is 0. The molecule has 0 unspecified atom stereocenters. The van der Waals surface area contributed by atoms with Crippen LogP contribution in [0.3, 0.4) is 0 Å². The Morgan fingerprint density at radius 3 is 2.90 bits per heavy atom. The normalized spacial score (nSPS) is 10.4. The molecule has 0 aliphatic heterocycles. The summed E-state index contributed by atoms with van der Waals surface area (Å²) < 4.78 is 4.85. The van der Waals surface area contributed by atoms with Gasteiger partial charge in [-0.25, -0.2) is 0 Å². The van der Waals surface area contributed by atoms with Crippen LogP contribution in [0.5, 0.6) is 0 Å². The van der Waals surface area contributed by atoms with Gasteiger partial charge in [0.15, 0.2) is 0 Å². The first kappa shape index (κ1) is 5.53. The number of fused-ring (bicyclic) bond motifs is 1. The Hall–Kier alpha value is -1.25. The van der Waals surface area contributed by atoms with Gasteiger partial charge in [0.2, 0.25) is 0 Å². The van der Waals surface area contributed by atoms with Crippen LogP contribution in [0.25, 0.3) is 10.7 Å². The minimum atomic E-state index is -0.754. The smallest absolute Gasteiger partial charge is 0.266 e. The van der Waals surface area contributed by atoms with Crippen LogP contribution in [0.4, 0.5) is 0 Å². The molecule has 1 N–H and O–H groups in total. The van der Waals surface area contributed by atoms with E-state index in [1.807, 2.05) is 24.3 Å². The van der Waals surface area contributed by atoms with Crippen LogP contribution in [0.2, 0.25) is 0 Å². The van der Waals surface area contributed by atoms with E-state index in [4.69, 9.17) is 9.36 Å². The lowest BCUT2D eigenvalue weighted by Crippen LogP contribution is -1.86. The van der Waals surface area contributed by atoms with Crippen molar-refractivity contribution in [2.75, 3.05) is 0 Å². The molecular weight excluding hydrogens is 127 g/mol. The van der Waals surface area contributed by atoms with E-state index in [2.05, 4.69) is 0 Å². The summed E-state index contributed by atoms with van der Waals surface area (Å²) in [6.45, 7) is -0.754. The topological polar surface area (TPSA) is 33.4 Å². The molecule has 0 saturated heterocycles. The van der Waals surface area contributed by atoms with Crippen LogP contribution in [-0.4, -0.2) is 11.8 Å². The van der Waals surface area contributed by atoms with Gasteiger partial charge in [0.05, 0.1) is 0 Å². The molecule has 1 heterocycles. The fourth-order valence-electron chi connectivity index (χ4n) is 1.05. The molecule has 0 bridgehead atoms. The Labute approximate surface area is 58.2 Å². The zero-order valence-corrected chi connectivity index (χ0v) is 5.32. The van der Waals surface area contributed by atoms with Crippen LogP contribution < -0.4 is 0 Å². The largest absolute Gasteiger partial charge is 0.735 e. The van der Waals surface area contributed by atoms with E-state index < -0.39 is 6.76 Å². The lowest BCUT2D eigenvalue weighted by molar-refractivity contribution is 0.501. The highest BCUT2D eigenvalue weighted by molar-refractivity contribution is 6.51. The molecular formula is C7H6BO2-. The second-order valence-electron chi connectivity index (χ2n) is 2.24. The third kappa shape index (κ3) is 0.636. The molecule has 50 valence electrons.